The zero-order valence-corrected chi connectivity index (χ0v) is 18.6. The van der Waals surface area contributed by atoms with Gasteiger partial charge in [0.05, 0.1) is 22.8 Å². The summed E-state index contributed by atoms with van der Waals surface area (Å²) in [4.78, 5) is 22.2. The first-order valence-electron chi connectivity index (χ1n) is 11.0. The summed E-state index contributed by atoms with van der Waals surface area (Å²) in [7, 11) is 0. The molecule has 31 heavy (non-hydrogen) atoms. The zero-order valence-electron chi connectivity index (χ0n) is 17.8. The molecule has 1 aromatic heterocycles. The third-order valence-electron chi connectivity index (χ3n) is 6.01. The number of aromatic nitrogens is 1. The molecule has 2 aliphatic heterocycles. The van der Waals surface area contributed by atoms with E-state index in [2.05, 4.69) is 23.1 Å². The highest BCUT2D eigenvalue weighted by atomic mass is 32.1. The van der Waals surface area contributed by atoms with Crippen molar-refractivity contribution in [2.45, 2.75) is 32.4 Å². The van der Waals surface area contributed by atoms with Gasteiger partial charge in [-0.15, -0.1) is 11.3 Å². The second kappa shape index (κ2) is 8.85. The summed E-state index contributed by atoms with van der Waals surface area (Å²) in [5, 5.41) is 1.13. The number of hydrogen-bond acceptors (Lipinski definition) is 6. The summed E-state index contributed by atoms with van der Waals surface area (Å²) in [6.07, 6.45) is 2.16. The molecule has 7 heteroatoms. The van der Waals surface area contributed by atoms with Crippen LogP contribution in [0.25, 0.3) is 10.2 Å². The molecule has 0 radical (unpaired) electrons. The summed E-state index contributed by atoms with van der Waals surface area (Å²) in [5.41, 5.74) is 2.11. The fourth-order valence-electron chi connectivity index (χ4n) is 4.38. The maximum Gasteiger partial charge on any atom is 0.237 e. The van der Waals surface area contributed by atoms with Gasteiger partial charge < -0.3 is 14.4 Å². The van der Waals surface area contributed by atoms with Crippen molar-refractivity contribution in [2.24, 2.45) is 0 Å². The van der Waals surface area contributed by atoms with E-state index in [1.165, 1.54) is 4.70 Å². The molecule has 3 aromatic rings. The number of nitrogens with zero attached hydrogens (tertiary/aromatic N) is 3. The normalized spacial score (nSPS) is 18.4. The lowest BCUT2D eigenvalue weighted by Crippen LogP contribution is -2.39. The molecule has 0 saturated carbocycles. The predicted octanol–water partition coefficient (Wildman–Crippen LogP) is 4.25. The smallest absolute Gasteiger partial charge is 0.237 e. The molecule has 1 unspecified atom stereocenters. The third-order valence-corrected chi connectivity index (χ3v) is 7.15. The lowest BCUT2D eigenvalue weighted by Gasteiger charge is -2.27. The first-order chi connectivity index (χ1) is 15.2. The highest BCUT2D eigenvalue weighted by Gasteiger charge is 2.31. The summed E-state index contributed by atoms with van der Waals surface area (Å²) < 4.78 is 12.5. The largest absolute Gasteiger partial charge is 0.486 e. The van der Waals surface area contributed by atoms with Crippen LogP contribution in [0.15, 0.2) is 42.5 Å². The molecule has 1 saturated heterocycles. The van der Waals surface area contributed by atoms with Crippen LogP contribution in [-0.4, -0.2) is 53.5 Å². The number of likely N-dealkylation sites (tertiary alicyclic amines) is 1. The number of carbonyl (C=O) groups excluding carboxylic acids is 1. The number of rotatable bonds is 6. The van der Waals surface area contributed by atoms with Gasteiger partial charge in [0.2, 0.25) is 5.91 Å². The Bertz CT molecular complexity index is 1050. The van der Waals surface area contributed by atoms with Crippen LogP contribution in [0.4, 0.5) is 0 Å². The van der Waals surface area contributed by atoms with Crippen LogP contribution >= 0.6 is 11.3 Å². The lowest BCUT2D eigenvalue weighted by atomic mass is 10.1. The lowest BCUT2D eigenvalue weighted by molar-refractivity contribution is -0.133. The Morgan fingerprint density at radius 3 is 2.87 bits per heavy atom. The molecule has 1 atom stereocenters. The highest BCUT2D eigenvalue weighted by molar-refractivity contribution is 7.18. The fraction of sp³-hybridized carbons (Fsp3) is 0.417. The number of likely N-dealkylation sites (N-methyl/N-ethyl adjacent to an activating group) is 1. The minimum absolute atomic E-state index is 0.158. The van der Waals surface area contributed by atoms with Crippen molar-refractivity contribution in [1.29, 1.82) is 0 Å². The van der Waals surface area contributed by atoms with Gasteiger partial charge in [0.15, 0.2) is 11.5 Å². The summed E-state index contributed by atoms with van der Waals surface area (Å²) in [5.74, 6) is 1.70. The molecule has 0 spiro atoms. The van der Waals surface area contributed by atoms with Crippen LogP contribution < -0.4 is 9.47 Å². The van der Waals surface area contributed by atoms with Crippen molar-refractivity contribution < 1.29 is 14.3 Å². The number of carbonyl (C=O) groups is 1. The topological polar surface area (TPSA) is 54.9 Å². The molecular formula is C24H27N3O3S. The van der Waals surface area contributed by atoms with E-state index < -0.39 is 0 Å². The van der Waals surface area contributed by atoms with Gasteiger partial charge in [-0.25, -0.2) is 4.98 Å². The number of benzene rings is 2. The number of fused-ring (bicyclic) bond motifs is 2. The number of ether oxygens (including phenoxy) is 2. The quantitative estimate of drug-likeness (QED) is 0.577. The molecular weight excluding hydrogens is 410 g/mol. The van der Waals surface area contributed by atoms with E-state index in [9.17, 15) is 4.79 Å². The maximum atomic E-state index is 13.2. The van der Waals surface area contributed by atoms with Crippen LogP contribution in [0.2, 0.25) is 0 Å². The first kappa shape index (κ1) is 20.3. The van der Waals surface area contributed by atoms with E-state index in [0.29, 0.717) is 32.8 Å². The molecule has 162 valence electrons. The average Bonchev–Trinajstić information content (AvgIpc) is 3.43. The van der Waals surface area contributed by atoms with Crippen molar-refractivity contribution in [3.05, 3.63) is 53.0 Å². The Morgan fingerprint density at radius 1 is 1.19 bits per heavy atom. The Balaban J connectivity index is 1.27. The molecule has 0 N–H and O–H groups in total. The van der Waals surface area contributed by atoms with Gasteiger partial charge in [-0.3, -0.25) is 9.69 Å². The zero-order chi connectivity index (χ0) is 21.2. The molecule has 2 aromatic carbocycles. The molecule has 6 nitrogen and oxygen atoms in total. The van der Waals surface area contributed by atoms with Gasteiger partial charge in [0.25, 0.3) is 0 Å². The molecule has 1 amide bonds. The van der Waals surface area contributed by atoms with Gasteiger partial charge in [0.1, 0.15) is 18.2 Å². The number of amides is 1. The van der Waals surface area contributed by atoms with Crippen molar-refractivity contribution in [2.75, 3.05) is 32.8 Å². The van der Waals surface area contributed by atoms with Crippen LogP contribution in [0.5, 0.6) is 11.5 Å². The van der Waals surface area contributed by atoms with Crippen LogP contribution in [0.1, 0.15) is 36.4 Å². The Labute approximate surface area is 186 Å². The van der Waals surface area contributed by atoms with Crippen LogP contribution in [0, 0.1) is 0 Å². The molecule has 0 aliphatic carbocycles. The Morgan fingerprint density at radius 2 is 2.03 bits per heavy atom. The van der Waals surface area contributed by atoms with Crippen LogP contribution in [-0.2, 0) is 11.3 Å². The SMILES string of the molecule is CCN(Cc1ccc2c(c1)OCCO2)C(=O)CN1CCCC1c1nc2ccccc2s1. The van der Waals surface area contributed by atoms with E-state index in [-0.39, 0.29) is 11.9 Å². The van der Waals surface area contributed by atoms with Gasteiger partial charge >= 0.3 is 0 Å². The van der Waals surface area contributed by atoms with Crippen molar-refractivity contribution >= 4 is 27.5 Å². The van der Waals surface area contributed by atoms with Gasteiger partial charge in [-0.05, 0) is 56.1 Å². The number of para-hydroxylation sites is 1. The third kappa shape index (κ3) is 4.25. The molecule has 3 heterocycles. The first-order valence-corrected chi connectivity index (χ1v) is 11.8. The molecule has 2 aliphatic rings. The second-order valence-corrected chi connectivity index (χ2v) is 9.10. The van der Waals surface area contributed by atoms with E-state index in [0.717, 1.165) is 47.0 Å². The highest BCUT2D eigenvalue weighted by Crippen LogP contribution is 2.36. The summed E-state index contributed by atoms with van der Waals surface area (Å²) in [6.45, 7) is 5.79. The monoisotopic (exact) mass is 437 g/mol. The van der Waals surface area contributed by atoms with Gasteiger partial charge in [0, 0.05) is 13.1 Å². The maximum absolute atomic E-state index is 13.2. The minimum atomic E-state index is 0.158. The Hall–Kier alpha value is -2.64. The second-order valence-electron chi connectivity index (χ2n) is 8.03. The van der Waals surface area contributed by atoms with Crippen molar-refractivity contribution in [3.8, 4) is 11.5 Å². The van der Waals surface area contributed by atoms with Gasteiger partial charge in [-0.2, -0.15) is 0 Å². The van der Waals surface area contributed by atoms with Crippen molar-refractivity contribution in [3.63, 3.8) is 0 Å². The molecule has 5 rings (SSSR count). The van der Waals surface area contributed by atoms with E-state index in [1.807, 2.05) is 36.1 Å². The van der Waals surface area contributed by atoms with E-state index >= 15 is 0 Å². The Kier molecular flexibility index (Phi) is 5.78. The van der Waals surface area contributed by atoms with Crippen LogP contribution in [0.3, 0.4) is 0 Å². The average molecular weight is 438 g/mol. The standard InChI is InChI=1S/C24H27N3O3S/c1-2-26(15-17-9-10-20-21(14-17)30-13-12-29-20)23(28)16-27-11-5-7-19(27)24-25-18-6-3-4-8-22(18)31-24/h3-4,6,8-10,14,19H,2,5,7,11-13,15-16H2,1H3. The van der Waals surface area contributed by atoms with E-state index in [4.69, 9.17) is 14.5 Å². The van der Waals surface area contributed by atoms with Crippen molar-refractivity contribution in [1.82, 2.24) is 14.8 Å². The number of hydrogen-bond donors (Lipinski definition) is 0. The van der Waals surface area contributed by atoms with Gasteiger partial charge in [-0.1, -0.05) is 18.2 Å². The minimum Gasteiger partial charge on any atom is -0.486 e. The predicted molar refractivity (Wildman–Crippen MR) is 122 cm³/mol. The summed E-state index contributed by atoms with van der Waals surface area (Å²) >= 11 is 1.75. The van der Waals surface area contributed by atoms with E-state index in [1.54, 1.807) is 11.3 Å². The summed E-state index contributed by atoms with van der Waals surface area (Å²) in [6, 6.07) is 14.4. The fourth-order valence-corrected chi connectivity index (χ4v) is 5.52. The molecule has 0 bridgehead atoms. The number of thiazole rings is 1. The molecule has 1 fully saturated rings.